The number of phenolic OH excluding ortho intramolecular Hbond substituents is 1. The van der Waals surface area contributed by atoms with Crippen LogP contribution in [-0.2, 0) is 0 Å². The Morgan fingerprint density at radius 3 is 2.35 bits per heavy atom. The monoisotopic (exact) mass is 331 g/mol. The summed E-state index contributed by atoms with van der Waals surface area (Å²) in [5, 5.41) is 10.8. The molecule has 0 aliphatic carbocycles. The van der Waals surface area contributed by atoms with Gasteiger partial charge in [0.25, 0.3) is 0 Å². The van der Waals surface area contributed by atoms with Gasteiger partial charge in [-0.25, -0.2) is 4.98 Å². The number of fused-ring (bicyclic) bond motifs is 2. The van der Waals surface area contributed by atoms with Crippen molar-refractivity contribution in [2.45, 2.75) is 0 Å². The standard InChI is InChI=1S/C16H13NO5S/c1-19-12-3-8(4-13(20-2)15(12)18)16-17-9-5-10-11(22-7-21-10)6-14(9)23-16/h3-6,18H,7H2,1-2H3. The first-order chi connectivity index (χ1) is 11.2. The third-order valence-electron chi connectivity index (χ3n) is 3.61. The van der Waals surface area contributed by atoms with Crippen LogP contribution in [-0.4, -0.2) is 31.1 Å². The first kappa shape index (κ1) is 14.0. The summed E-state index contributed by atoms with van der Waals surface area (Å²) in [6.45, 7) is 0.242. The molecular formula is C16H13NO5S. The van der Waals surface area contributed by atoms with Gasteiger partial charge in [-0.15, -0.1) is 11.3 Å². The van der Waals surface area contributed by atoms with Crippen molar-refractivity contribution in [3.63, 3.8) is 0 Å². The maximum atomic E-state index is 10.0. The Morgan fingerprint density at radius 1 is 1.04 bits per heavy atom. The van der Waals surface area contributed by atoms with E-state index in [0.717, 1.165) is 26.5 Å². The predicted octanol–water partition coefficient (Wildman–Crippen LogP) is 3.41. The number of nitrogens with zero attached hydrogens (tertiary/aromatic N) is 1. The first-order valence-electron chi connectivity index (χ1n) is 6.85. The van der Waals surface area contributed by atoms with Crippen molar-refractivity contribution in [3.05, 3.63) is 24.3 Å². The van der Waals surface area contributed by atoms with Gasteiger partial charge in [0.2, 0.25) is 12.5 Å². The fourth-order valence-electron chi connectivity index (χ4n) is 2.46. The molecule has 0 radical (unpaired) electrons. The van der Waals surface area contributed by atoms with E-state index in [2.05, 4.69) is 4.98 Å². The Morgan fingerprint density at radius 2 is 1.70 bits per heavy atom. The fraction of sp³-hybridized carbons (Fsp3) is 0.188. The van der Waals surface area contributed by atoms with E-state index in [1.54, 1.807) is 12.1 Å². The third-order valence-corrected chi connectivity index (χ3v) is 4.68. The van der Waals surface area contributed by atoms with Crippen LogP contribution in [0.25, 0.3) is 20.8 Å². The van der Waals surface area contributed by atoms with Gasteiger partial charge in [0.05, 0.1) is 24.4 Å². The summed E-state index contributed by atoms with van der Waals surface area (Å²) in [5.74, 6) is 2.09. The molecule has 0 bridgehead atoms. The van der Waals surface area contributed by atoms with Crippen molar-refractivity contribution in [1.29, 1.82) is 0 Å². The molecule has 0 amide bonds. The Bertz CT molecular complexity index is 839. The van der Waals surface area contributed by atoms with Crippen LogP contribution in [0.2, 0.25) is 0 Å². The zero-order valence-electron chi connectivity index (χ0n) is 12.5. The molecule has 7 heteroatoms. The van der Waals surface area contributed by atoms with Gasteiger partial charge < -0.3 is 24.1 Å². The Hall–Kier alpha value is -2.67. The van der Waals surface area contributed by atoms with Crippen LogP contribution >= 0.6 is 11.3 Å². The quantitative estimate of drug-likeness (QED) is 0.793. The van der Waals surface area contributed by atoms with Gasteiger partial charge in [-0.05, 0) is 12.1 Å². The fourth-order valence-corrected chi connectivity index (χ4v) is 3.42. The minimum absolute atomic E-state index is 0.0272. The van der Waals surface area contributed by atoms with E-state index in [1.807, 2.05) is 12.1 Å². The van der Waals surface area contributed by atoms with Crippen molar-refractivity contribution in [1.82, 2.24) is 4.98 Å². The molecule has 2 aromatic carbocycles. The lowest BCUT2D eigenvalue weighted by Gasteiger charge is -2.09. The lowest BCUT2D eigenvalue weighted by atomic mass is 10.2. The number of ether oxygens (including phenoxy) is 4. The summed E-state index contributed by atoms with van der Waals surface area (Å²) >= 11 is 1.52. The van der Waals surface area contributed by atoms with E-state index >= 15 is 0 Å². The molecule has 1 aliphatic heterocycles. The van der Waals surface area contributed by atoms with Gasteiger partial charge in [-0.3, -0.25) is 0 Å². The number of hydrogen-bond acceptors (Lipinski definition) is 7. The highest BCUT2D eigenvalue weighted by Gasteiger charge is 2.18. The molecule has 4 rings (SSSR count). The topological polar surface area (TPSA) is 70.0 Å². The molecule has 6 nitrogen and oxygen atoms in total. The van der Waals surface area contributed by atoms with Crippen LogP contribution in [0.1, 0.15) is 0 Å². The average molecular weight is 331 g/mol. The van der Waals surface area contributed by atoms with Crippen LogP contribution in [0.5, 0.6) is 28.7 Å². The van der Waals surface area contributed by atoms with Gasteiger partial charge >= 0.3 is 0 Å². The molecule has 0 fully saturated rings. The van der Waals surface area contributed by atoms with E-state index in [0.29, 0.717) is 17.2 Å². The lowest BCUT2D eigenvalue weighted by Crippen LogP contribution is -1.92. The molecule has 1 aliphatic rings. The molecule has 0 saturated carbocycles. The summed E-state index contributed by atoms with van der Waals surface area (Å²) in [6.07, 6.45) is 0. The number of methoxy groups -OCH3 is 2. The summed E-state index contributed by atoms with van der Waals surface area (Å²) in [6, 6.07) is 7.26. The van der Waals surface area contributed by atoms with E-state index in [4.69, 9.17) is 18.9 Å². The van der Waals surface area contributed by atoms with Gasteiger partial charge in [0.15, 0.2) is 23.0 Å². The normalized spacial score (nSPS) is 12.6. The number of benzene rings is 2. The zero-order chi connectivity index (χ0) is 16.0. The number of hydrogen-bond donors (Lipinski definition) is 1. The molecule has 0 unspecified atom stereocenters. The Labute approximate surface area is 135 Å². The van der Waals surface area contributed by atoms with E-state index in [-0.39, 0.29) is 12.5 Å². The van der Waals surface area contributed by atoms with Crippen LogP contribution in [0.3, 0.4) is 0 Å². The van der Waals surface area contributed by atoms with Crippen LogP contribution in [0.15, 0.2) is 24.3 Å². The largest absolute Gasteiger partial charge is 0.502 e. The SMILES string of the molecule is COc1cc(-c2nc3cc4c(cc3s2)OCO4)cc(OC)c1O. The molecule has 0 atom stereocenters. The first-order valence-corrected chi connectivity index (χ1v) is 7.67. The molecule has 0 saturated heterocycles. The predicted molar refractivity (Wildman–Crippen MR) is 85.9 cm³/mol. The van der Waals surface area contributed by atoms with Gasteiger partial charge in [0.1, 0.15) is 5.01 Å². The summed E-state index contributed by atoms with van der Waals surface area (Å²) < 4.78 is 22.2. The minimum atomic E-state index is -0.0272. The van der Waals surface area contributed by atoms with E-state index in [9.17, 15) is 5.11 Å². The molecular weight excluding hydrogens is 318 g/mol. The highest BCUT2D eigenvalue weighted by molar-refractivity contribution is 7.21. The summed E-state index contributed by atoms with van der Waals surface area (Å²) in [5.41, 5.74) is 1.64. The van der Waals surface area contributed by atoms with Gasteiger partial charge in [-0.2, -0.15) is 0 Å². The number of phenols is 1. The number of rotatable bonds is 3. The molecule has 1 aromatic heterocycles. The van der Waals surface area contributed by atoms with Crippen molar-refractivity contribution >= 4 is 21.6 Å². The second-order valence-electron chi connectivity index (χ2n) is 4.92. The Balaban J connectivity index is 1.86. The van der Waals surface area contributed by atoms with Crippen LogP contribution in [0.4, 0.5) is 0 Å². The third kappa shape index (κ3) is 2.20. The smallest absolute Gasteiger partial charge is 0.231 e. The average Bonchev–Trinajstić information content (AvgIpc) is 3.18. The van der Waals surface area contributed by atoms with Crippen molar-refractivity contribution in [3.8, 4) is 39.3 Å². The molecule has 23 heavy (non-hydrogen) atoms. The van der Waals surface area contributed by atoms with E-state index < -0.39 is 0 Å². The van der Waals surface area contributed by atoms with Crippen LogP contribution < -0.4 is 18.9 Å². The van der Waals surface area contributed by atoms with Crippen molar-refractivity contribution in [2.24, 2.45) is 0 Å². The van der Waals surface area contributed by atoms with Gasteiger partial charge in [0, 0.05) is 17.7 Å². The van der Waals surface area contributed by atoms with E-state index in [1.165, 1.54) is 25.6 Å². The minimum Gasteiger partial charge on any atom is -0.502 e. The van der Waals surface area contributed by atoms with Gasteiger partial charge in [-0.1, -0.05) is 0 Å². The molecule has 118 valence electrons. The molecule has 1 N–H and O–H groups in total. The number of aromatic nitrogens is 1. The Kier molecular flexibility index (Phi) is 3.16. The number of aromatic hydroxyl groups is 1. The summed E-state index contributed by atoms with van der Waals surface area (Å²) in [7, 11) is 2.99. The molecule has 2 heterocycles. The highest BCUT2D eigenvalue weighted by atomic mass is 32.1. The lowest BCUT2D eigenvalue weighted by molar-refractivity contribution is 0.174. The summed E-state index contributed by atoms with van der Waals surface area (Å²) in [4.78, 5) is 4.63. The number of thiazole rings is 1. The van der Waals surface area contributed by atoms with Crippen molar-refractivity contribution < 1.29 is 24.1 Å². The zero-order valence-corrected chi connectivity index (χ0v) is 13.3. The highest BCUT2D eigenvalue weighted by Crippen LogP contribution is 2.44. The second kappa shape index (κ2) is 5.20. The maximum absolute atomic E-state index is 10.0. The molecule has 0 spiro atoms. The maximum Gasteiger partial charge on any atom is 0.231 e. The second-order valence-corrected chi connectivity index (χ2v) is 5.95. The van der Waals surface area contributed by atoms with Crippen molar-refractivity contribution in [2.75, 3.05) is 21.0 Å². The van der Waals surface area contributed by atoms with Crippen LogP contribution in [0, 0.1) is 0 Å². The molecule has 3 aromatic rings.